The summed E-state index contributed by atoms with van der Waals surface area (Å²) in [6, 6.07) is 7.58. The molecule has 144 valence electrons. The largest absolute Gasteiger partial charge is 0.484 e. The maximum Gasteiger partial charge on any atom is 0.433 e. The lowest BCUT2D eigenvalue weighted by Gasteiger charge is -2.35. The normalized spacial score (nSPS) is 15.0. The topological polar surface area (TPSA) is 58.6 Å². The van der Waals surface area contributed by atoms with Crippen LogP contribution in [0.1, 0.15) is 5.69 Å². The predicted octanol–water partition coefficient (Wildman–Crippen LogP) is 2.88. The number of nitrogens with zero attached hydrogens (tertiary/aromatic N) is 4. The standard InChI is InChI=1S/C17H16ClF3N4O2/c18-12-1-3-13(4-2-12)27-10-16(26)25-7-5-24(6-8-25)15-9-14(17(19,20)21)22-11-23-15/h1-4,9,11H,5-8,10H2. The zero-order valence-corrected chi connectivity index (χ0v) is 14.9. The Morgan fingerprint density at radius 2 is 1.78 bits per heavy atom. The highest BCUT2D eigenvalue weighted by Crippen LogP contribution is 2.29. The van der Waals surface area contributed by atoms with E-state index in [-0.39, 0.29) is 18.3 Å². The van der Waals surface area contributed by atoms with E-state index >= 15 is 0 Å². The van der Waals surface area contributed by atoms with E-state index in [1.165, 1.54) is 0 Å². The molecule has 0 bridgehead atoms. The molecule has 27 heavy (non-hydrogen) atoms. The van der Waals surface area contributed by atoms with Crippen LogP contribution in [0.4, 0.5) is 19.0 Å². The van der Waals surface area contributed by atoms with Crippen molar-refractivity contribution in [1.82, 2.24) is 14.9 Å². The second-order valence-corrected chi connectivity index (χ2v) is 6.31. The summed E-state index contributed by atoms with van der Waals surface area (Å²) >= 11 is 5.79. The van der Waals surface area contributed by atoms with Crippen molar-refractivity contribution in [2.45, 2.75) is 6.18 Å². The third kappa shape index (κ3) is 5.00. The van der Waals surface area contributed by atoms with Crippen molar-refractivity contribution in [3.63, 3.8) is 0 Å². The quantitative estimate of drug-likeness (QED) is 0.790. The van der Waals surface area contributed by atoms with Gasteiger partial charge in [-0.05, 0) is 24.3 Å². The van der Waals surface area contributed by atoms with E-state index in [1.807, 2.05) is 0 Å². The van der Waals surface area contributed by atoms with Crippen LogP contribution in [0.15, 0.2) is 36.7 Å². The van der Waals surface area contributed by atoms with Gasteiger partial charge in [-0.2, -0.15) is 13.2 Å². The Balaban J connectivity index is 1.52. The summed E-state index contributed by atoms with van der Waals surface area (Å²) in [6.45, 7) is 1.37. The van der Waals surface area contributed by atoms with E-state index in [9.17, 15) is 18.0 Å². The Hall–Kier alpha value is -2.55. The minimum atomic E-state index is -4.52. The first-order valence-corrected chi connectivity index (χ1v) is 8.51. The maximum absolute atomic E-state index is 12.8. The van der Waals surface area contributed by atoms with Crippen molar-refractivity contribution in [3.05, 3.63) is 47.4 Å². The van der Waals surface area contributed by atoms with Gasteiger partial charge in [0.2, 0.25) is 0 Å². The second kappa shape index (κ2) is 7.99. The second-order valence-electron chi connectivity index (χ2n) is 5.87. The number of anilines is 1. The van der Waals surface area contributed by atoms with Gasteiger partial charge in [0.1, 0.15) is 23.6 Å². The minimum Gasteiger partial charge on any atom is -0.484 e. The number of benzene rings is 1. The highest BCUT2D eigenvalue weighted by atomic mass is 35.5. The van der Waals surface area contributed by atoms with Gasteiger partial charge in [0.25, 0.3) is 5.91 Å². The van der Waals surface area contributed by atoms with E-state index in [0.717, 1.165) is 12.4 Å². The van der Waals surface area contributed by atoms with Gasteiger partial charge in [0.15, 0.2) is 6.61 Å². The highest BCUT2D eigenvalue weighted by molar-refractivity contribution is 6.30. The van der Waals surface area contributed by atoms with Crippen LogP contribution in [0.2, 0.25) is 5.02 Å². The number of amides is 1. The van der Waals surface area contributed by atoms with Crippen LogP contribution in [0.5, 0.6) is 5.75 Å². The summed E-state index contributed by atoms with van der Waals surface area (Å²) in [7, 11) is 0. The molecular weight excluding hydrogens is 385 g/mol. The van der Waals surface area contributed by atoms with Crippen LogP contribution >= 0.6 is 11.6 Å². The molecule has 2 aromatic rings. The molecule has 1 amide bonds. The van der Waals surface area contributed by atoms with E-state index < -0.39 is 11.9 Å². The molecule has 0 N–H and O–H groups in total. The Kier molecular flexibility index (Phi) is 5.69. The molecule has 1 aliphatic heterocycles. The molecule has 1 aliphatic rings. The van der Waals surface area contributed by atoms with Crippen molar-refractivity contribution in [2.24, 2.45) is 0 Å². The predicted molar refractivity (Wildman–Crippen MR) is 92.8 cm³/mol. The lowest BCUT2D eigenvalue weighted by Crippen LogP contribution is -2.50. The Labute approximate surface area is 158 Å². The molecule has 0 saturated carbocycles. The fourth-order valence-electron chi connectivity index (χ4n) is 2.63. The molecule has 6 nitrogen and oxygen atoms in total. The van der Waals surface area contributed by atoms with Crippen molar-refractivity contribution in [3.8, 4) is 5.75 Å². The van der Waals surface area contributed by atoms with E-state index in [1.54, 1.807) is 34.1 Å². The zero-order valence-electron chi connectivity index (χ0n) is 14.1. The summed E-state index contributed by atoms with van der Waals surface area (Å²) in [5, 5.41) is 0.572. The Bertz CT molecular complexity index is 794. The van der Waals surface area contributed by atoms with Crippen molar-refractivity contribution in [2.75, 3.05) is 37.7 Å². The number of piperazine rings is 1. The number of rotatable bonds is 4. The lowest BCUT2D eigenvalue weighted by atomic mass is 10.3. The summed E-state index contributed by atoms with van der Waals surface area (Å²) in [5.41, 5.74) is -0.984. The number of alkyl halides is 3. The molecule has 0 unspecified atom stereocenters. The first-order valence-electron chi connectivity index (χ1n) is 8.13. The average Bonchev–Trinajstić information content (AvgIpc) is 2.67. The highest BCUT2D eigenvalue weighted by Gasteiger charge is 2.33. The van der Waals surface area contributed by atoms with Crippen LogP contribution in [0.3, 0.4) is 0 Å². The number of hydrogen-bond donors (Lipinski definition) is 0. The van der Waals surface area contributed by atoms with E-state index in [2.05, 4.69) is 9.97 Å². The molecule has 1 fully saturated rings. The number of aromatic nitrogens is 2. The van der Waals surface area contributed by atoms with Gasteiger partial charge in [-0.1, -0.05) is 11.6 Å². The minimum absolute atomic E-state index is 0.118. The van der Waals surface area contributed by atoms with E-state index in [4.69, 9.17) is 16.3 Å². The molecule has 0 aliphatic carbocycles. The molecule has 10 heteroatoms. The lowest BCUT2D eigenvalue weighted by molar-refractivity contribution is -0.141. The fraction of sp³-hybridized carbons (Fsp3) is 0.353. The Morgan fingerprint density at radius 3 is 2.41 bits per heavy atom. The fourth-order valence-corrected chi connectivity index (χ4v) is 2.75. The van der Waals surface area contributed by atoms with Gasteiger partial charge < -0.3 is 14.5 Å². The molecule has 0 radical (unpaired) electrons. The molecule has 3 rings (SSSR count). The number of ether oxygens (including phenoxy) is 1. The van der Waals surface area contributed by atoms with Gasteiger partial charge in [-0.25, -0.2) is 9.97 Å². The maximum atomic E-state index is 12.8. The average molecular weight is 401 g/mol. The summed E-state index contributed by atoms with van der Waals surface area (Å²) in [6.07, 6.45) is -3.62. The summed E-state index contributed by atoms with van der Waals surface area (Å²) in [5.74, 6) is 0.539. The van der Waals surface area contributed by atoms with Crippen LogP contribution < -0.4 is 9.64 Å². The van der Waals surface area contributed by atoms with Crippen LogP contribution in [-0.4, -0.2) is 53.6 Å². The van der Waals surface area contributed by atoms with E-state index in [0.29, 0.717) is 37.0 Å². The van der Waals surface area contributed by atoms with Crippen LogP contribution in [0, 0.1) is 0 Å². The first kappa shape index (κ1) is 19.2. The van der Waals surface area contributed by atoms with Gasteiger partial charge in [-0.15, -0.1) is 0 Å². The number of carbonyl (C=O) groups excluding carboxylic acids is 1. The Morgan fingerprint density at radius 1 is 1.11 bits per heavy atom. The van der Waals surface area contributed by atoms with Gasteiger partial charge >= 0.3 is 6.18 Å². The monoisotopic (exact) mass is 400 g/mol. The van der Waals surface area contributed by atoms with Gasteiger partial charge in [0.05, 0.1) is 0 Å². The number of halogens is 4. The van der Waals surface area contributed by atoms with Crippen molar-refractivity contribution < 1.29 is 22.7 Å². The smallest absolute Gasteiger partial charge is 0.433 e. The molecule has 2 heterocycles. The van der Waals surface area contributed by atoms with Crippen molar-refractivity contribution >= 4 is 23.3 Å². The van der Waals surface area contributed by atoms with Gasteiger partial charge in [-0.3, -0.25) is 4.79 Å². The molecule has 0 spiro atoms. The SMILES string of the molecule is O=C(COc1ccc(Cl)cc1)N1CCN(c2cc(C(F)(F)F)ncn2)CC1. The summed E-state index contributed by atoms with van der Waals surface area (Å²) < 4.78 is 43.7. The van der Waals surface area contributed by atoms with Crippen molar-refractivity contribution in [1.29, 1.82) is 0 Å². The summed E-state index contributed by atoms with van der Waals surface area (Å²) in [4.78, 5) is 22.7. The zero-order chi connectivity index (χ0) is 19.4. The van der Waals surface area contributed by atoms with Crippen LogP contribution in [-0.2, 0) is 11.0 Å². The van der Waals surface area contributed by atoms with Crippen LogP contribution in [0.25, 0.3) is 0 Å². The molecule has 0 atom stereocenters. The number of hydrogen-bond acceptors (Lipinski definition) is 5. The number of carbonyl (C=O) groups is 1. The van der Waals surface area contributed by atoms with Gasteiger partial charge in [0, 0.05) is 37.3 Å². The molecule has 1 saturated heterocycles. The third-order valence-corrected chi connectivity index (χ3v) is 4.33. The molecule has 1 aromatic carbocycles. The molecule has 1 aromatic heterocycles. The molecular formula is C17H16ClF3N4O2. The first-order chi connectivity index (χ1) is 12.8. The third-order valence-electron chi connectivity index (χ3n) is 4.08.